The Morgan fingerprint density at radius 1 is 0.578 bits per heavy atom. The van der Waals surface area contributed by atoms with Crippen molar-refractivity contribution in [2.24, 2.45) is 9.98 Å². The summed E-state index contributed by atoms with van der Waals surface area (Å²) in [4.78, 5) is 10.0. The third kappa shape index (κ3) is 4.85. The lowest BCUT2D eigenvalue weighted by Gasteiger charge is -2.24. The zero-order valence-corrected chi connectivity index (χ0v) is 24.3. The monoisotopic (exact) mass is 577 g/mol. The molecule has 1 aliphatic heterocycles. The average Bonchev–Trinajstić information content (AvgIpc) is 3.46. The summed E-state index contributed by atoms with van der Waals surface area (Å²) in [5.41, 5.74) is 8.66. The third-order valence-electron chi connectivity index (χ3n) is 8.24. The SMILES string of the molecule is N#Cc1cc(C2=NC(c3ccccc3)NC(c3ccccc3)=N2)cc(-c2cccc(-n3c4ccccc4c4ccccc43)c2)c1. The minimum absolute atomic E-state index is 0.318. The van der Waals surface area contributed by atoms with Crippen LogP contribution < -0.4 is 5.32 Å². The number of fused-ring (bicyclic) bond motifs is 3. The summed E-state index contributed by atoms with van der Waals surface area (Å²) < 4.78 is 2.31. The first-order valence-corrected chi connectivity index (χ1v) is 14.9. The van der Waals surface area contributed by atoms with Crippen molar-refractivity contribution >= 4 is 33.5 Å². The lowest BCUT2D eigenvalue weighted by Crippen LogP contribution is -2.33. The van der Waals surface area contributed by atoms with Crippen LogP contribution in [-0.4, -0.2) is 16.2 Å². The van der Waals surface area contributed by atoms with Crippen LogP contribution in [0.3, 0.4) is 0 Å². The van der Waals surface area contributed by atoms with Gasteiger partial charge in [0.1, 0.15) is 12.0 Å². The smallest absolute Gasteiger partial charge is 0.159 e. The van der Waals surface area contributed by atoms with Gasteiger partial charge in [0, 0.05) is 27.6 Å². The molecule has 8 rings (SSSR count). The lowest BCUT2D eigenvalue weighted by molar-refractivity contribution is 0.674. The summed E-state index contributed by atoms with van der Waals surface area (Å²) in [7, 11) is 0. The van der Waals surface area contributed by atoms with Gasteiger partial charge < -0.3 is 9.88 Å². The number of hydrogen-bond donors (Lipinski definition) is 1. The number of amidine groups is 2. The van der Waals surface area contributed by atoms with Gasteiger partial charge in [-0.25, -0.2) is 9.98 Å². The number of para-hydroxylation sites is 2. The van der Waals surface area contributed by atoms with E-state index in [2.05, 4.69) is 107 Å². The van der Waals surface area contributed by atoms with E-state index >= 15 is 0 Å². The van der Waals surface area contributed by atoms with E-state index in [0.29, 0.717) is 11.4 Å². The van der Waals surface area contributed by atoms with Gasteiger partial charge in [0.2, 0.25) is 0 Å². The fourth-order valence-electron chi connectivity index (χ4n) is 6.14. The van der Waals surface area contributed by atoms with Crippen LogP contribution in [0.15, 0.2) is 162 Å². The Bertz CT molecular complexity index is 2250. The number of hydrogen-bond acceptors (Lipinski definition) is 4. The average molecular weight is 578 g/mol. The van der Waals surface area contributed by atoms with Crippen molar-refractivity contribution in [3.8, 4) is 22.9 Å². The van der Waals surface area contributed by atoms with Crippen molar-refractivity contribution in [3.05, 3.63) is 174 Å². The van der Waals surface area contributed by atoms with Gasteiger partial charge >= 0.3 is 0 Å². The maximum Gasteiger partial charge on any atom is 0.159 e. The van der Waals surface area contributed by atoms with Crippen molar-refractivity contribution in [2.45, 2.75) is 6.17 Å². The van der Waals surface area contributed by atoms with E-state index in [-0.39, 0.29) is 6.17 Å². The molecule has 0 fully saturated rings. The van der Waals surface area contributed by atoms with Gasteiger partial charge in [-0.1, -0.05) is 109 Å². The van der Waals surface area contributed by atoms with Crippen LogP contribution in [0.4, 0.5) is 0 Å². The van der Waals surface area contributed by atoms with Crippen molar-refractivity contribution in [1.82, 2.24) is 9.88 Å². The molecule has 0 aliphatic carbocycles. The number of nitrogens with zero attached hydrogens (tertiary/aromatic N) is 4. The second-order valence-electron chi connectivity index (χ2n) is 11.1. The maximum absolute atomic E-state index is 10.1. The minimum Gasteiger partial charge on any atom is -0.344 e. The molecule has 1 N–H and O–H groups in total. The molecule has 0 amide bonds. The summed E-state index contributed by atoms with van der Waals surface area (Å²) in [5, 5.41) is 16.0. The fraction of sp³-hybridized carbons (Fsp3) is 0.0250. The molecule has 1 aromatic heterocycles. The maximum atomic E-state index is 10.1. The first-order chi connectivity index (χ1) is 22.2. The van der Waals surface area contributed by atoms with Crippen LogP contribution in [0.25, 0.3) is 38.6 Å². The molecule has 0 saturated carbocycles. The van der Waals surface area contributed by atoms with Gasteiger partial charge in [0.25, 0.3) is 0 Å². The fourth-order valence-corrected chi connectivity index (χ4v) is 6.14. The van der Waals surface area contributed by atoms with E-state index in [1.165, 1.54) is 10.8 Å². The van der Waals surface area contributed by atoms with E-state index in [1.54, 1.807) is 0 Å². The van der Waals surface area contributed by atoms with Gasteiger partial charge in [0.15, 0.2) is 5.84 Å². The molecule has 5 heteroatoms. The molecule has 212 valence electrons. The normalized spacial score (nSPS) is 14.4. The molecule has 0 spiro atoms. The van der Waals surface area contributed by atoms with Crippen LogP contribution in [0, 0.1) is 11.3 Å². The largest absolute Gasteiger partial charge is 0.344 e. The highest BCUT2D eigenvalue weighted by molar-refractivity contribution is 6.13. The first-order valence-electron chi connectivity index (χ1n) is 14.9. The van der Waals surface area contributed by atoms with Gasteiger partial charge in [-0.05, 0) is 59.2 Å². The molecule has 6 aromatic carbocycles. The van der Waals surface area contributed by atoms with Gasteiger partial charge in [-0.2, -0.15) is 5.26 Å². The number of aliphatic imine (C=N–C) groups is 2. The van der Waals surface area contributed by atoms with E-state index < -0.39 is 0 Å². The number of rotatable bonds is 5. The number of nitrogens with one attached hydrogen (secondary N) is 1. The second-order valence-corrected chi connectivity index (χ2v) is 11.1. The summed E-state index contributed by atoms with van der Waals surface area (Å²) in [6, 6.07) is 54.0. The predicted molar refractivity (Wildman–Crippen MR) is 183 cm³/mol. The highest BCUT2D eigenvalue weighted by Crippen LogP contribution is 2.34. The molecule has 45 heavy (non-hydrogen) atoms. The zero-order valence-electron chi connectivity index (χ0n) is 24.3. The molecule has 1 unspecified atom stereocenters. The topological polar surface area (TPSA) is 65.5 Å². The van der Waals surface area contributed by atoms with Crippen molar-refractivity contribution < 1.29 is 0 Å². The standard InChI is InChI=1S/C40H27N5/c41-26-27-22-31(30-16-11-17-33(25-30)45-36-20-9-7-18-34(36)35-19-8-10-21-37(35)45)24-32(23-27)40-43-38(28-12-3-1-4-13-28)42-39(44-40)29-14-5-2-6-15-29/h1-25,38H,(H,42,43,44). The Balaban J connectivity index is 1.26. The molecule has 7 aromatic rings. The Morgan fingerprint density at radius 2 is 1.20 bits per heavy atom. The molecule has 5 nitrogen and oxygen atoms in total. The van der Waals surface area contributed by atoms with Crippen LogP contribution >= 0.6 is 0 Å². The van der Waals surface area contributed by atoms with Gasteiger partial charge in [0.05, 0.1) is 22.7 Å². The molecule has 1 aliphatic rings. The summed E-state index contributed by atoms with van der Waals surface area (Å²) in [5.74, 6) is 1.32. The number of benzene rings is 6. The van der Waals surface area contributed by atoms with Gasteiger partial charge in [-0.3, -0.25) is 0 Å². The molecule has 2 heterocycles. The van der Waals surface area contributed by atoms with E-state index in [9.17, 15) is 5.26 Å². The number of nitriles is 1. The van der Waals surface area contributed by atoms with Crippen molar-refractivity contribution in [1.29, 1.82) is 5.26 Å². The number of aromatic nitrogens is 1. The predicted octanol–water partition coefficient (Wildman–Crippen LogP) is 8.82. The molecular formula is C40H27N5. The van der Waals surface area contributed by atoms with Crippen LogP contribution in [0.5, 0.6) is 0 Å². The molecule has 0 radical (unpaired) electrons. The molecule has 0 saturated heterocycles. The molecule has 0 bridgehead atoms. The van der Waals surface area contributed by atoms with Crippen LogP contribution in [0.2, 0.25) is 0 Å². The summed E-state index contributed by atoms with van der Waals surface area (Å²) in [6.45, 7) is 0. The van der Waals surface area contributed by atoms with Crippen LogP contribution in [0.1, 0.15) is 28.4 Å². The van der Waals surface area contributed by atoms with Crippen molar-refractivity contribution in [2.75, 3.05) is 0 Å². The summed E-state index contributed by atoms with van der Waals surface area (Å²) >= 11 is 0. The molecule has 1 atom stereocenters. The van der Waals surface area contributed by atoms with E-state index in [1.807, 2.05) is 60.7 Å². The molecular weight excluding hydrogens is 550 g/mol. The summed E-state index contributed by atoms with van der Waals surface area (Å²) in [6.07, 6.45) is -0.318. The first kappa shape index (κ1) is 26.4. The quantitative estimate of drug-likeness (QED) is 0.222. The zero-order chi connectivity index (χ0) is 30.2. The van der Waals surface area contributed by atoms with E-state index in [4.69, 9.17) is 9.98 Å². The van der Waals surface area contributed by atoms with Gasteiger partial charge in [-0.15, -0.1) is 0 Å². The highest BCUT2D eigenvalue weighted by Gasteiger charge is 2.22. The van der Waals surface area contributed by atoms with Crippen molar-refractivity contribution in [3.63, 3.8) is 0 Å². The highest BCUT2D eigenvalue weighted by atomic mass is 15.2. The Hall–Kier alpha value is -6.25. The Morgan fingerprint density at radius 3 is 1.91 bits per heavy atom. The van der Waals surface area contributed by atoms with E-state index in [0.717, 1.165) is 50.4 Å². The van der Waals surface area contributed by atoms with Crippen LogP contribution in [-0.2, 0) is 0 Å². The minimum atomic E-state index is -0.318. The Kier molecular flexibility index (Phi) is 6.51. The lowest BCUT2D eigenvalue weighted by atomic mass is 9.98. The Labute approximate surface area is 261 Å². The third-order valence-corrected chi connectivity index (χ3v) is 8.24. The second kappa shape index (κ2) is 11.1.